The van der Waals surface area contributed by atoms with E-state index in [1.807, 2.05) is 22.6 Å². The van der Waals surface area contributed by atoms with Crippen LogP contribution in [0.5, 0.6) is 0 Å². The number of rotatable bonds is 1. The van der Waals surface area contributed by atoms with Crippen molar-refractivity contribution in [3.05, 3.63) is 30.6 Å². The predicted molar refractivity (Wildman–Crippen MR) is 66.2 cm³/mol. The number of aromatic nitrogens is 2. The van der Waals surface area contributed by atoms with E-state index in [9.17, 15) is 9.59 Å². The molecule has 0 atom stereocenters. The van der Waals surface area contributed by atoms with Gasteiger partial charge in [0.1, 0.15) is 0 Å². The molecule has 1 fully saturated rings. The molecule has 1 saturated carbocycles. The highest BCUT2D eigenvalue weighted by Gasteiger charge is 2.16. The Morgan fingerprint density at radius 2 is 1.93 bits per heavy atom. The first kappa shape index (κ1) is 10.9. The van der Waals surface area contributed by atoms with E-state index in [1.165, 1.54) is 19.3 Å². The minimum Gasteiger partial charge on any atom is -0.296 e. The SMILES string of the molecule is O=c1[nH]c(=O)n(C2CCCCC2)cc1I. The van der Waals surface area contributed by atoms with Gasteiger partial charge in [-0.3, -0.25) is 14.3 Å². The lowest BCUT2D eigenvalue weighted by Gasteiger charge is -2.23. The van der Waals surface area contributed by atoms with Gasteiger partial charge in [0.2, 0.25) is 0 Å². The summed E-state index contributed by atoms with van der Waals surface area (Å²) in [4.78, 5) is 25.1. The highest BCUT2D eigenvalue weighted by atomic mass is 127. The van der Waals surface area contributed by atoms with E-state index >= 15 is 0 Å². The fourth-order valence-electron chi connectivity index (χ4n) is 2.09. The van der Waals surface area contributed by atoms with E-state index in [4.69, 9.17) is 0 Å². The van der Waals surface area contributed by atoms with Gasteiger partial charge < -0.3 is 0 Å². The van der Waals surface area contributed by atoms with E-state index < -0.39 is 0 Å². The van der Waals surface area contributed by atoms with Crippen molar-refractivity contribution in [3.8, 4) is 0 Å². The molecule has 1 aromatic heterocycles. The van der Waals surface area contributed by atoms with Crippen molar-refractivity contribution in [1.82, 2.24) is 9.55 Å². The van der Waals surface area contributed by atoms with E-state index in [2.05, 4.69) is 4.98 Å². The molecule has 0 unspecified atom stereocenters. The van der Waals surface area contributed by atoms with E-state index in [0.717, 1.165) is 12.8 Å². The molecular formula is C10H13IN2O2. The van der Waals surface area contributed by atoms with Crippen molar-refractivity contribution in [1.29, 1.82) is 0 Å². The fourth-order valence-corrected chi connectivity index (χ4v) is 2.53. The van der Waals surface area contributed by atoms with Gasteiger partial charge in [-0.1, -0.05) is 19.3 Å². The Bertz CT molecular complexity index is 457. The van der Waals surface area contributed by atoms with Gasteiger partial charge >= 0.3 is 5.69 Å². The number of nitrogens with zero attached hydrogens (tertiary/aromatic N) is 1. The molecule has 4 nitrogen and oxygen atoms in total. The quantitative estimate of drug-likeness (QED) is 0.800. The van der Waals surface area contributed by atoms with Crippen LogP contribution in [0.1, 0.15) is 38.1 Å². The predicted octanol–water partition coefficient (Wildman–Crippen LogP) is 1.65. The fraction of sp³-hybridized carbons (Fsp3) is 0.600. The van der Waals surface area contributed by atoms with Crippen molar-refractivity contribution in [2.45, 2.75) is 38.1 Å². The summed E-state index contributed by atoms with van der Waals surface area (Å²) in [5, 5.41) is 0. The number of hydrogen-bond acceptors (Lipinski definition) is 2. The van der Waals surface area contributed by atoms with Gasteiger partial charge in [-0.15, -0.1) is 0 Å². The molecule has 0 spiro atoms. The molecular weight excluding hydrogens is 307 g/mol. The molecule has 0 aliphatic heterocycles. The second kappa shape index (κ2) is 4.51. The number of H-pyrrole nitrogens is 1. The van der Waals surface area contributed by atoms with Crippen molar-refractivity contribution in [3.63, 3.8) is 0 Å². The third kappa shape index (κ3) is 2.32. The first-order valence-corrected chi connectivity index (χ1v) is 6.27. The highest BCUT2D eigenvalue weighted by Crippen LogP contribution is 2.26. The summed E-state index contributed by atoms with van der Waals surface area (Å²) in [5.41, 5.74) is -0.556. The lowest BCUT2D eigenvalue weighted by atomic mass is 9.95. The van der Waals surface area contributed by atoms with Crippen molar-refractivity contribution in [2.75, 3.05) is 0 Å². The first-order valence-electron chi connectivity index (χ1n) is 5.19. The maximum atomic E-state index is 11.6. The lowest BCUT2D eigenvalue weighted by Crippen LogP contribution is -2.34. The minimum atomic E-state index is -0.285. The first-order chi connectivity index (χ1) is 7.18. The maximum absolute atomic E-state index is 11.6. The monoisotopic (exact) mass is 320 g/mol. The Morgan fingerprint density at radius 3 is 2.60 bits per heavy atom. The largest absolute Gasteiger partial charge is 0.328 e. The van der Waals surface area contributed by atoms with Crippen LogP contribution in [0.2, 0.25) is 0 Å². The summed E-state index contributed by atoms with van der Waals surface area (Å²) < 4.78 is 2.26. The molecule has 1 aromatic rings. The van der Waals surface area contributed by atoms with Crippen molar-refractivity contribution >= 4 is 22.6 Å². The van der Waals surface area contributed by atoms with Crippen LogP contribution in [-0.4, -0.2) is 9.55 Å². The molecule has 1 heterocycles. The Morgan fingerprint density at radius 1 is 1.27 bits per heavy atom. The van der Waals surface area contributed by atoms with Crippen LogP contribution in [0, 0.1) is 3.57 Å². The zero-order valence-corrected chi connectivity index (χ0v) is 10.5. The average Bonchev–Trinajstić information content (AvgIpc) is 2.25. The van der Waals surface area contributed by atoms with Crippen LogP contribution in [-0.2, 0) is 0 Å². The van der Waals surface area contributed by atoms with Gasteiger partial charge in [0.25, 0.3) is 5.56 Å². The summed E-state index contributed by atoms with van der Waals surface area (Å²) in [6.45, 7) is 0. The molecule has 0 bridgehead atoms. The van der Waals surface area contributed by atoms with E-state index in [1.54, 1.807) is 10.8 Å². The van der Waals surface area contributed by atoms with Crippen LogP contribution in [0.3, 0.4) is 0 Å². The molecule has 1 N–H and O–H groups in total. The van der Waals surface area contributed by atoms with Crippen LogP contribution < -0.4 is 11.2 Å². The van der Waals surface area contributed by atoms with Gasteiger partial charge in [0, 0.05) is 12.2 Å². The van der Waals surface area contributed by atoms with Crippen LogP contribution in [0.25, 0.3) is 0 Å². The summed E-state index contributed by atoms with van der Waals surface area (Å²) in [7, 11) is 0. The summed E-state index contributed by atoms with van der Waals surface area (Å²) >= 11 is 1.96. The molecule has 2 rings (SSSR count). The van der Waals surface area contributed by atoms with Gasteiger partial charge in [-0.2, -0.15) is 0 Å². The van der Waals surface area contributed by atoms with Gasteiger partial charge in [-0.25, -0.2) is 4.79 Å². The van der Waals surface area contributed by atoms with Gasteiger partial charge in [-0.05, 0) is 35.4 Å². The summed E-state index contributed by atoms with van der Waals surface area (Å²) in [6, 6.07) is 0.275. The Labute approximate surface area is 101 Å². The lowest BCUT2D eigenvalue weighted by molar-refractivity contribution is 0.341. The Balaban J connectivity index is 2.39. The Hall–Kier alpha value is -0.590. The van der Waals surface area contributed by atoms with Crippen LogP contribution in [0.15, 0.2) is 15.8 Å². The Kier molecular flexibility index (Phi) is 3.28. The second-order valence-corrected chi connectivity index (χ2v) is 5.10. The second-order valence-electron chi connectivity index (χ2n) is 3.94. The molecule has 5 heteroatoms. The summed E-state index contributed by atoms with van der Waals surface area (Å²) in [6.07, 6.45) is 7.37. The number of aromatic amines is 1. The normalized spacial score (nSPS) is 17.9. The van der Waals surface area contributed by atoms with Gasteiger partial charge in [0.05, 0.1) is 3.57 Å². The van der Waals surface area contributed by atoms with E-state index in [-0.39, 0.29) is 17.3 Å². The molecule has 15 heavy (non-hydrogen) atoms. The minimum absolute atomic E-state index is 0.271. The highest BCUT2D eigenvalue weighted by molar-refractivity contribution is 14.1. The molecule has 0 amide bonds. The number of hydrogen-bond donors (Lipinski definition) is 1. The smallest absolute Gasteiger partial charge is 0.296 e. The van der Waals surface area contributed by atoms with Crippen LogP contribution in [0.4, 0.5) is 0 Å². The van der Waals surface area contributed by atoms with Crippen molar-refractivity contribution in [2.24, 2.45) is 0 Å². The zero-order chi connectivity index (χ0) is 10.8. The molecule has 82 valence electrons. The maximum Gasteiger partial charge on any atom is 0.328 e. The molecule has 1 aliphatic rings. The number of nitrogens with one attached hydrogen (secondary N) is 1. The zero-order valence-electron chi connectivity index (χ0n) is 8.33. The average molecular weight is 320 g/mol. The standard InChI is InChI=1S/C10H13IN2O2/c11-8-6-13(10(15)12-9(8)14)7-4-2-1-3-5-7/h6-7H,1-5H2,(H,12,14,15). The molecule has 0 saturated heterocycles. The molecule has 0 aromatic carbocycles. The van der Waals surface area contributed by atoms with E-state index in [0.29, 0.717) is 3.57 Å². The third-order valence-corrected chi connectivity index (χ3v) is 3.66. The van der Waals surface area contributed by atoms with Crippen molar-refractivity contribution < 1.29 is 0 Å². The summed E-state index contributed by atoms with van der Waals surface area (Å²) in [5.74, 6) is 0. The molecule has 0 radical (unpaired) electrons. The third-order valence-electron chi connectivity index (χ3n) is 2.89. The number of halogens is 1. The van der Waals surface area contributed by atoms with Gasteiger partial charge in [0.15, 0.2) is 0 Å². The topological polar surface area (TPSA) is 54.9 Å². The molecule has 1 aliphatic carbocycles. The van der Waals surface area contributed by atoms with Crippen LogP contribution >= 0.6 is 22.6 Å².